The van der Waals surface area contributed by atoms with Crippen molar-refractivity contribution in [2.45, 2.75) is 30.7 Å². The summed E-state index contributed by atoms with van der Waals surface area (Å²) in [4.78, 5) is 22.0. The zero-order valence-electron chi connectivity index (χ0n) is 11.9. The summed E-state index contributed by atoms with van der Waals surface area (Å²) in [5.74, 6) is -2.26. The molecule has 1 unspecified atom stereocenters. The van der Waals surface area contributed by atoms with Gasteiger partial charge in [-0.05, 0) is 30.7 Å². The van der Waals surface area contributed by atoms with Gasteiger partial charge in [0.15, 0.2) is 0 Å². The maximum Gasteiger partial charge on any atom is 0.305 e. The van der Waals surface area contributed by atoms with Crippen molar-refractivity contribution >= 4 is 21.9 Å². The van der Waals surface area contributed by atoms with Crippen LogP contribution in [0.1, 0.15) is 19.8 Å². The van der Waals surface area contributed by atoms with Crippen LogP contribution < -0.4 is 10.0 Å². The minimum atomic E-state index is -3.97. The number of halogens is 1. The molecule has 0 aromatic heterocycles. The number of benzene rings is 1. The van der Waals surface area contributed by atoms with Gasteiger partial charge in [-0.3, -0.25) is 9.59 Å². The van der Waals surface area contributed by atoms with Gasteiger partial charge in [-0.15, -0.1) is 0 Å². The van der Waals surface area contributed by atoms with E-state index < -0.39 is 33.8 Å². The molecule has 1 rings (SSSR count). The maximum atomic E-state index is 12.8. The van der Waals surface area contributed by atoms with E-state index in [-0.39, 0.29) is 24.3 Å². The summed E-state index contributed by atoms with van der Waals surface area (Å²) in [5.41, 5.74) is 0. The molecule has 1 aromatic rings. The Kier molecular flexibility index (Phi) is 6.44. The molecule has 0 radical (unpaired) electrons. The summed E-state index contributed by atoms with van der Waals surface area (Å²) < 4.78 is 39.2. The lowest BCUT2D eigenvalue weighted by Crippen LogP contribution is -2.46. The molecule has 0 spiro atoms. The first-order valence-corrected chi connectivity index (χ1v) is 8.02. The number of carboxylic acids is 1. The molecule has 0 saturated heterocycles. The van der Waals surface area contributed by atoms with E-state index in [1.165, 1.54) is 0 Å². The maximum absolute atomic E-state index is 12.8. The van der Waals surface area contributed by atoms with Crippen LogP contribution in [-0.2, 0) is 19.6 Å². The minimum absolute atomic E-state index is 0.0943. The number of sulfonamides is 1. The highest BCUT2D eigenvalue weighted by molar-refractivity contribution is 7.89. The van der Waals surface area contributed by atoms with Crippen molar-refractivity contribution in [2.75, 3.05) is 6.54 Å². The van der Waals surface area contributed by atoms with Crippen molar-refractivity contribution in [3.8, 4) is 0 Å². The molecule has 0 heterocycles. The zero-order chi connectivity index (χ0) is 16.8. The predicted octanol–water partition coefficient (Wildman–Crippen LogP) is 0.473. The number of carbonyl (C=O) groups excluding carboxylic acids is 1. The summed E-state index contributed by atoms with van der Waals surface area (Å²) in [6, 6.07) is 3.15. The molecule has 9 heteroatoms. The second-order valence-electron chi connectivity index (χ2n) is 4.47. The van der Waals surface area contributed by atoms with E-state index in [1.807, 2.05) is 0 Å². The lowest BCUT2D eigenvalue weighted by molar-refractivity contribution is -0.137. The fourth-order valence-electron chi connectivity index (χ4n) is 1.61. The Balaban J connectivity index is 2.73. The highest BCUT2D eigenvalue weighted by Crippen LogP contribution is 2.11. The van der Waals surface area contributed by atoms with Crippen molar-refractivity contribution in [3.05, 3.63) is 30.1 Å². The smallest absolute Gasteiger partial charge is 0.305 e. The molecule has 0 aliphatic carbocycles. The molecule has 122 valence electrons. The molecule has 3 N–H and O–H groups in total. The van der Waals surface area contributed by atoms with E-state index in [1.54, 1.807) is 6.92 Å². The summed E-state index contributed by atoms with van der Waals surface area (Å²) in [7, 11) is -3.97. The van der Waals surface area contributed by atoms with E-state index in [9.17, 15) is 22.4 Å². The Morgan fingerprint density at radius 3 is 2.36 bits per heavy atom. The van der Waals surface area contributed by atoms with Crippen LogP contribution in [0, 0.1) is 5.82 Å². The van der Waals surface area contributed by atoms with Gasteiger partial charge in [0.2, 0.25) is 15.9 Å². The van der Waals surface area contributed by atoms with Gasteiger partial charge in [0.25, 0.3) is 0 Å². The highest BCUT2D eigenvalue weighted by atomic mass is 32.2. The largest absolute Gasteiger partial charge is 0.481 e. The highest BCUT2D eigenvalue weighted by Gasteiger charge is 2.24. The van der Waals surface area contributed by atoms with Crippen molar-refractivity contribution in [1.29, 1.82) is 0 Å². The van der Waals surface area contributed by atoms with Gasteiger partial charge in [-0.1, -0.05) is 6.92 Å². The molecule has 0 fully saturated rings. The number of aliphatic carboxylic acids is 1. The molecular formula is C13H17FN2O5S. The van der Waals surface area contributed by atoms with Gasteiger partial charge < -0.3 is 10.4 Å². The molecule has 0 aliphatic heterocycles. The Morgan fingerprint density at radius 1 is 1.27 bits per heavy atom. The monoisotopic (exact) mass is 332 g/mol. The van der Waals surface area contributed by atoms with Crippen LogP contribution in [-0.4, -0.2) is 38.0 Å². The van der Waals surface area contributed by atoms with Crippen LogP contribution in [0.3, 0.4) is 0 Å². The Morgan fingerprint density at radius 2 is 1.86 bits per heavy atom. The van der Waals surface area contributed by atoms with Crippen LogP contribution in [0.15, 0.2) is 29.2 Å². The predicted molar refractivity (Wildman–Crippen MR) is 76.1 cm³/mol. The van der Waals surface area contributed by atoms with Crippen molar-refractivity contribution in [3.63, 3.8) is 0 Å². The van der Waals surface area contributed by atoms with Crippen LogP contribution in [0.5, 0.6) is 0 Å². The second-order valence-corrected chi connectivity index (χ2v) is 6.18. The Bertz CT molecular complexity index is 630. The first-order valence-electron chi connectivity index (χ1n) is 6.53. The molecule has 1 atom stereocenters. The van der Waals surface area contributed by atoms with E-state index >= 15 is 0 Å². The van der Waals surface area contributed by atoms with Gasteiger partial charge >= 0.3 is 5.97 Å². The second kappa shape index (κ2) is 7.85. The van der Waals surface area contributed by atoms with Crippen molar-refractivity contribution in [2.24, 2.45) is 0 Å². The number of rotatable bonds is 8. The van der Waals surface area contributed by atoms with E-state index in [0.29, 0.717) is 0 Å². The normalized spacial score (nSPS) is 12.6. The fourth-order valence-corrected chi connectivity index (χ4v) is 2.89. The standard InChI is InChI=1S/C13H17FN2O5S/c1-2-11(13(19)15-8-7-12(17)18)16-22(20,21)10-5-3-9(14)4-6-10/h3-6,11,16H,2,7-8H2,1H3,(H,15,19)(H,17,18). The number of carbonyl (C=O) groups is 2. The number of hydrogen-bond acceptors (Lipinski definition) is 4. The molecule has 0 bridgehead atoms. The number of hydrogen-bond donors (Lipinski definition) is 3. The average Bonchev–Trinajstić information content (AvgIpc) is 2.44. The average molecular weight is 332 g/mol. The first-order chi connectivity index (χ1) is 10.3. The number of carboxylic acid groups (broad SMARTS) is 1. The molecule has 0 aliphatic rings. The third-order valence-corrected chi connectivity index (χ3v) is 4.27. The summed E-state index contributed by atoms with van der Waals surface area (Å²) in [6.07, 6.45) is -0.0772. The number of amides is 1. The van der Waals surface area contributed by atoms with E-state index in [0.717, 1.165) is 24.3 Å². The first kappa shape index (κ1) is 18.1. The fraction of sp³-hybridized carbons (Fsp3) is 0.385. The number of nitrogens with one attached hydrogen (secondary N) is 2. The summed E-state index contributed by atoms with van der Waals surface area (Å²) >= 11 is 0. The third-order valence-electron chi connectivity index (χ3n) is 2.78. The summed E-state index contributed by atoms with van der Waals surface area (Å²) in [5, 5.41) is 10.8. The molecule has 7 nitrogen and oxygen atoms in total. The Labute approximate surface area is 127 Å². The van der Waals surface area contributed by atoms with E-state index in [4.69, 9.17) is 5.11 Å². The van der Waals surface area contributed by atoms with Crippen LogP contribution >= 0.6 is 0 Å². The lowest BCUT2D eigenvalue weighted by Gasteiger charge is -2.16. The molecule has 1 amide bonds. The van der Waals surface area contributed by atoms with E-state index in [2.05, 4.69) is 10.0 Å². The third kappa shape index (κ3) is 5.41. The van der Waals surface area contributed by atoms with Crippen molar-refractivity contribution < 1.29 is 27.5 Å². The topological polar surface area (TPSA) is 113 Å². The molecular weight excluding hydrogens is 315 g/mol. The van der Waals surface area contributed by atoms with Crippen LogP contribution in [0.4, 0.5) is 4.39 Å². The van der Waals surface area contributed by atoms with Gasteiger partial charge in [0.05, 0.1) is 11.3 Å². The zero-order valence-corrected chi connectivity index (χ0v) is 12.7. The quantitative estimate of drug-likeness (QED) is 0.641. The lowest BCUT2D eigenvalue weighted by atomic mass is 10.2. The molecule has 1 aromatic carbocycles. The Hall–Kier alpha value is -2.00. The minimum Gasteiger partial charge on any atom is -0.481 e. The molecule has 0 saturated carbocycles. The van der Waals surface area contributed by atoms with Gasteiger partial charge in [0, 0.05) is 6.54 Å². The van der Waals surface area contributed by atoms with Crippen LogP contribution in [0.25, 0.3) is 0 Å². The SMILES string of the molecule is CCC(NS(=O)(=O)c1ccc(F)cc1)C(=O)NCCC(=O)O. The van der Waals surface area contributed by atoms with Gasteiger partial charge in [0.1, 0.15) is 11.9 Å². The summed E-state index contributed by atoms with van der Waals surface area (Å²) in [6.45, 7) is 1.51. The van der Waals surface area contributed by atoms with Gasteiger partial charge in [-0.2, -0.15) is 4.72 Å². The molecule has 22 heavy (non-hydrogen) atoms. The van der Waals surface area contributed by atoms with Gasteiger partial charge in [-0.25, -0.2) is 12.8 Å². The van der Waals surface area contributed by atoms with Crippen molar-refractivity contribution in [1.82, 2.24) is 10.0 Å². The van der Waals surface area contributed by atoms with Crippen LogP contribution in [0.2, 0.25) is 0 Å².